The van der Waals surface area contributed by atoms with E-state index in [-0.39, 0.29) is 11.6 Å². The Balaban J connectivity index is 2.02. The molecule has 0 spiro atoms. The van der Waals surface area contributed by atoms with Crippen LogP contribution in [0.3, 0.4) is 0 Å². The van der Waals surface area contributed by atoms with Crippen molar-refractivity contribution in [3.63, 3.8) is 0 Å². The monoisotopic (exact) mass is 289 g/mol. The second kappa shape index (κ2) is 6.57. The van der Waals surface area contributed by atoms with Gasteiger partial charge >= 0.3 is 0 Å². The molecular formula is C16H16FNOS. The van der Waals surface area contributed by atoms with Crippen molar-refractivity contribution in [3.05, 3.63) is 65.5 Å². The molecular weight excluding hydrogens is 273 g/mol. The van der Waals surface area contributed by atoms with E-state index < -0.39 is 11.1 Å². The molecule has 0 saturated heterocycles. The van der Waals surface area contributed by atoms with Crippen molar-refractivity contribution in [2.75, 3.05) is 5.32 Å². The zero-order valence-electron chi connectivity index (χ0n) is 11.1. The van der Waals surface area contributed by atoms with Crippen LogP contribution < -0.4 is 5.32 Å². The van der Waals surface area contributed by atoms with Gasteiger partial charge in [-0.25, -0.2) is 4.39 Å². The van der Waals surface area contributed by atoms with Crippen molar-refractivity contribution < 1.29 is 9.18 Å². The summed E-state index contributed by atoms with van der Waals surface area (Å²) in [4.78, 5) is 12.0. The van der Waals surface area contributed by atoms with Gasteiger partial charge in [0.2, 0.25) is 5.91 Å². The lowest BCUT2D eigenvalue weighted by Gasteiger charge is -2.12. The highest BCUT2D eigenvalue weighted by molar-refractivity contribution is 7.81. The van der Waals surface area contributed by atoms with Crippen LogP contribution in [0.1, 0.15) is 11.1 Å². The number of carbonyl (C=O) groups is 1. The van der Waals surface area contributed by atoms with E-state index in [4.69, 9.17) is 0 Å². The molecule has 0 aliphatic heterocycles. The summed E-state index contributed by atoms with van der Waals surface area (Å²) in [7, 11) is 0. The highest BCUT2D eigenvalue weighted by Gasteiger charge is 2.16. The van der Waals surface area contributed by atoms with Crippen molar-refractivity contribution in [1.29, 1.82) is 0 Å². The number of hydrogen-bond acceptors (Lipinski definition) is 2. The van der Waals surface area contributed by atoms with E-state index >= 15 is 0 Å². The quantitative estimate of drug-likeness (QED) is 0.827. The number of thiol groups is 1. The summed E-state index contributed by atoms with van der Waals surface area (Å²) in [5.41, 5.74) is 2.11. The Morgan fingerprint density at radius 3 is 2.65 bits per heavy atom. The molecule has 0 radical (unpaired) electrons. The zero-order chi connectivity index (χ0) is 14.5. The Kier molecular flexibility index (Phi) is 4.79. The highest BCUT2D eigenvalue weighted by Crippen LogP contribution is 2.17. The summed E-state index contributed by atoms with van der Waals surface area (Å²) in [5, 5.41) is 2.06. The number of halogens is 1. The summed E-state index contributed by atoms with van der Waals surface area (Å²) in [5.74, 6) is -0.745. The standard InChI is InChI=1S/C16H16FNOS/c1-11-7-8-13(17)14(9-11)18-16(19)15(20)10-12-5-3-2-4-6-12/h2-9,15,20H,10H2,1H3,(H,18,19). The second-order valence-electron chi connectivity index (χ2n) is 4.68. The number of hydrogen-bond donors (Lipinski definition) is 2. The van der Waals surface area contributed by atoms with E-state index in [1.807, 2.05) is 37.3 Å². The molecule has 1 unspecified atom stereocenters. The van der Waals surface area contributed by atoms with Crippen molar-refractivity contribution in [2.24, 2.45) is 0 Å². The number of anilines is 1. The van der Waals surface area contributed by atoms with Crippen LogP contribution in [0.25, 0.3) is 0 Å². The fourth-order valence-electron chi connectivity index (χ4n) is 1.88. The van der Waals surface area contributed by atoms with Crippen LogP contribution in [0.5, 0.6) is 0 Å². The van der Waals surface area contributed by atoms with Gasteiger partial charge in [-0.1, -0.05) is 36.4 Å². The Labute approximate surface area is 123 Å². The topological polar surface area (TPSA) is 29.1 Å². The SMILES string of the molecule is Cc1ccc(F)c(NC(=O)C(S)Cc2ccccc2)c1. The Morgan fingerprint density at radius 2 is 1.95 bits per heavy atom. The molecule has 0 aliphatic carbocycles. The number of nitrogens with one attached hydrogen (secondary N) is 1. The molecule has 0 saturated carbocycles. The highest BCUT2D eigenvalue weighted by atomic mass is 32.1. The largest absolute Gasteiger partial charge is 0.323 e. The lowest BCUT2D eigenvalue weighted by atomic mass is 10.1. The minimum Gasteiger partial charge on any atom is -0.323 e. The van der Waals surface area contributed by atoms with E-state index in [0.717, 1.165) is 11.1 Å². The fourth-order valence-corrected chi connectivity index (χ4v) is 2.16. The minimum atomic E-state index is -0.516. The molecule has 0 heterocycles. The number of carbonyl (C=O) groups excluding carboxylic acids is 1. The maximum Gasteiger partial charge on any atom is 0.237 e. The summed E-state index contributed by atoms with van der Waals surface area (Å²) in [6.45, 7) is 1.84. The lowest BCUT2D eigenvalue weighted by Crippen LogP contribution is -2.25. The van der Waals surface area contributed by atoms with E-state index in [2.05, 4.69) is 17.9 Å². The van der Waals surface area contributed by atoms with Gasteiger partial charge in [-0.3, -0.25) is 4.79 Å². The van der Waals surface area contributed by atoms with E-state index in [1.165, 1.54) is 6.07 Å². The third kappa shape index (κ3) is 3.84. The first-order valence-corrected chi connectivity index (χ1v) is 6.87. The molecule has 0 aliphatic rings. The molecule has 2 aromatic rings. The van der Waals surface area contributed by atoms with Gasteiger partial charge in [-0.05, 0) is 36.6 Å². The second-order valence-corrected chi connectivity index (χ2v) is 5.30. The third-order valence-corrected chi connectivity index (χ3v) is 3.37. The van der Waals surface area contributed by atoms with Crippen LogP contribution in [0, 0.1) is 12.7 Å². The molecule has 2 nitrogen and oxygen atoms in total. The molecule has 0 bridgehead atoms. The van der Waals surface area contributed by atoms with Gasteiger partial charge in [0.05, 0.1) is 10.9 Å². The van der Waals surface area contributed by atoms with Crippen LogP contribution in [-0.2, 0) is 11.2 Å². The molecule has 1 atom stereocenters. The summed E-state index contributed by atoms with van der Waals surface area (Å²) in [6, 6.07) is 14.2. The average Bonchev–Trinajstić information content (AvgIpc) is 2.44. The lowest BCUT2D eigenvalue weighted by molar-refractivity contribution is -0.115. The van der Waals surface area contributed by atoms with Crippen LogP contribution in [0.15, 0.2) is 48.5 Å². The summed E-state index contributed by atoms with van der Waals surface area (Å²) in [6.07, 6.45) is 0.503. The van der Waals surface area contributed by atoms with Crippen molar-refractivity contribution in [2.45, 2.75) is 18.6 Å². The number of amides is 1. The van der Waals surface area contributed by atoms with Crippen LogP contribution in [-0.4, -0.2) is 11.2 Å². The van der Waals surface area contributed by atoms with Gasteiger partial charge < -0.3 is 5.32 Å². The maximum atomic E-state index is 13.6. The predicted octanol–water partition coefficient (Wildman–Crippen LogP) is 3.61. The smallest absolute Gasteiger partial charge is 0.237 e. The predicted molar refractivity (Wildman–Crippen MR) is 82.7 cm³/mol. The molecule has 20 heavy (non-hydrogen) atoms. The summed E-state index contributed by atoms with van der Waals surface area (Å²) < 4.78 is 13.6. The first-order valence-electron chi connectivity index (χ1n) is 6.35. The molecule has 2 rings (SSSR count). The van der Waals surface area contributed by atoms with Crippen molar-refractivity contribution in [1.82, 2.24) is 0 Å². The molecule has 104 valence electrons. The maximum absolute atomic E-state index is 13.6. The van der Waals surface area contributed by atoms with Gasteiger partial charge in [0.1, 0.15) is 5.82 Å². The van der Waals surface area contributed by atoms with E-state index in [1.54, 1.807) is 12.1 Å². The van der Waals surface area contributed by atoms with Gasteiger partial charge in [-0.2, -0.15) is 12.6 Å². The summed E-state index contributed by atoms with van der Waals surface area (Å²) >= 11 is 4.29. The van der Waals surface area contributed by atoms with Gasteiger partial charge in [0, 0.05) is 0 Å². The van der Waals surface area contributed by atoms with Crippen LogP contribution in [0.2, 0.25) is 0 Å². The molecule has 1 amide bonds. The van der Waals surface area contributed by atoms with Gasteiger partial charge in [-0.15, -0.1) is 0 Å². The molecule has 0 aromatic heterocycles. The number of rotatable bonds is 4. The normalized spacial score (nSPS) is 11.9. The first-order chi connectivity index (χ1) is 9.56. The number of aryl methyl sites for hydroxylation is 1. The average molecular weight is 289 g/mol. The van der Waals surface area contributed by atoms with Crippen LogP contribution in [0.4, 0.5) is 10.1 Å². The van der Waals surface area contributed by atoms with E-state index in [9.17, 15) is 9.18 Å². The van der Waals surface area contributed by atoms with E-state index in [0.29, 0.717) is 6.42 Å². The molecule has 1 N–H and O–H groups in total. The van der Waals surface area contributed by atoms with Crippen molar-refractivity contribution in [3.8, 4) is 0 Å². The number of benzene rings is 2. The molecule has 0 fully saturated rings. The third-order valence-electron chi connectivity index (χ3n) is 2.95. The molecule has 4 heteroatoms. The first kappa shape index (κ1) is 14.6. The zero-order valence-corrected chi connectivity index (χ0v) is 12.0. The Hall–Kier alpha value is -1.81. The fraction of sp³-hybridized carbons (Fsp3) is 0.188. The van der Waals surface area contributed by atoms with Gasteiger partial charge in [0.15, 0.2) is 0 Å². The van der Waals surface area contributed by atoms with Crippen molar-refractivity contribution >= 4 is 24.2 Å². The van der Waals surface area contributed by atoms with Gasteiger partial charge in [0.25, 0.3) is 0 Å². The molecule has 2 aromatic carbocycles. The minimum absolute atomic E-state index is 0.196. The van der Waals surface area contributed by atoms with Crippen LogP contribution >= 0.6 is 12.6 Å². The Morgan fingerprint density at radius 1 is 1.25 bits per heavy atom. The Bertz CT molecular complexity index is 601.